The number of halogens is 1. The molecule has 3 rings (SSSR count). The first-order valence-electron chi connectivity index (χ1n) is 7.87. The van der Waals surface area contributed by atoms with E-state index in [1.807, 2.05) is 29.6 Å². The third-order valence-electron chi connectivity index (χ3n) is 3.56. The van der Waals surface area contributed by atoms with Crippen LogP contribution in [0.5, 0.6) is 0 Å². The summed E-state index contributed by atoms with van der Waals surface area (Å²) in [4.78, 5) is 27.7. The summed E-state index contributed by atoms with van der Waals surface area (Å²) in [6.07, 6.45) is 0. The molecule has 0 saturated carbocycles. The molecule has 26 heavy (non-hydrogen) atoms. The Balaban J connectivity index is 1.61. The van der Waals surface area contributed by atoms with Gasteiger partial charge in [0.25, 0.3) is 5.91 Å². The van der Waals surface area contributed by atoms with Crippen LogP contribution in [0.2, 0.25) is 5.02 Å². The lowest BCUT2D eigenvalue weighted by atomic mass is 10.1. The van der Waals surface area contributed by atoms with E-state index in [0.717, 1.165) is 22.0 Å². The van der Waals surface area contributed by atoms with Gasteiger partial charge in [-0.05, 0) is 36.4 Å². The molecule has 2 amide bonds. The summed E-state index contributed by atoms with van der Waals surface area (Å²) in [5, 5.41) is 8.92. The number of rotatable bonds is 5. The highest BCUT2D eigenvalue weighted by Gasteiger charge is 2.08. The number of amides is 2. The van der Waals surface area contributed by atoms with Crippen LogP contribution in [-0.2, 0) is 11.3 Å². The Hall–Kier alpha value is -2.70. The number of aromatic nitrogens is 1. The van der Waals surface area contributed by atoms with Gasteiger partial charge in [-0.3, -0.25) is 9.59 Å². The molecule has 7 heteroatoms. The first-order valence-corrected chi connectivity index (χ1v) is 9.13. The zero-order valence-corrected chi connectivity index (χ0v) is 15.5. The summed E-state index contributed by atoms with van der Waals surface area (Å²) >= 11 is 7.31. The first-order chi connectivity index (χ1) is 12.5. The maximum atomic E-state index is 12.1. The minimum Gasteiger partial charge on any atom is -0.346 e. The molecule has 0 bridgehead atoms. The molecule has 1 heterocycles. The number of hydrogen-bond acceptors (Lipinski definition) is 4. The third-order valence-corrected chi connectivity index (χ3v) is 4.66. The number of benzene rings is 2. The predicted octanol–water partition coefficient (Wildman–Crippen LogP) is 4.35. The molecule has 0 unspecified atom stereocenters. The largest absolute Gasteiger partial charge is 0.346 e. The lowest BCUT2D eigenvalue weighted by Gasteiger charge is -2.04. The monoisotopic (exact) mass is 385 g/mol. The van der Waals surface area contributed by atoms with E-state index in [2.05, 4.69) is 15.6 Å². The van der Waals surface area contributed by atoms with E-state index in [0.29, 0.717) is 17.1 Å². The van der Waals surface area contributed by atoms with E-state index >= 15 is 0 Å². The van der Waals surface area contributed by atoms with Gasteiger partial charge in [-0.1, -0.05) is 23.7 Å². The van der Waals surface area contributed by atoms with Crippen molar-refractivity contribution in [2.75, 3.05) is 5.32 Å². The third kappa shape index (κ3) is 4.68. The number of carbonyl (C=O) groups excluding carboxylic acids is 2. The van der Waals surface area contributed by atoms with Crippen LogP contribution >= 0.6 is 22.9 Å². The van der Waals surface area contributed by atoms with Crippen molar-refractivity contribution in [1.29, 1.82) is 0 Å². The van der Waals surface area contributed by atoms with Crippen molar-refractivity contribution in [3.05, 3.63) is 69.5 Å². The van der Waals surface area contributed by atoms with Gasteiger partial charge < -0.3 is 10.6 Å². The molecule has 0 atom stereocenters. The van der Waals surface area contributed by atoms with Crippen LogP contribution in [0.1, 0.15) is 22.3 Å². The number of hydrogen-bond donors (Lipinski definition) is 2. The molecule has 0 saturated heterocycles. The van der Waals surface area contributed by atoms with E-state index in [9.17, 15) is 9.59 Å². The van der Waals surface area contributed by atoms with Crippen molar-refractivity contribution in [3.63, 3.8) is 0 Å². The lowest BCUT2D eigenvalue weighted by molar-refractivity contribution is -0.114. The van der Waals surface area contributed by atoms with Crippen LogP contribution in [0.4, 0.5) is 5.69 Å². The van der Waals surface area contributed by atoms with Gasteiger partial charge in [0.2, 0.25) is 5.91 Å². The average molecular weight is 386 g/mol. The highest BCUT2D eigenvalue weighted by atomic mass is 35.5. The van der Waals surface area contributed by atoms with Crippen LogP contribution < -0.4 is 10.6 Å². The maximum absolute atomic E-state index is 12.1. The summed E-state index contributed by atoms with van der Waals surface area (Å²) in [6.45, 7) is 1.83. The van der Waals surface area contributed by atoms with Gasteiger partial charge in [0, 0.05) is 34.1 Å². The second-order valence-corrected chi connectivity index (χ2v) is 6.95. The molecule has 0 aliphatic rings. The van der Waals surface area contributed by atoms with E-state index < -0.39 is 0 Å². The summed E-state index contributed by atoms with van der Waals surface area (Å²) in [5.41, 5.74) is 3.08. The van der Waals surface area contributed by atoms with Gasteiger partial charge in [-0.15, -0.1) is 11.3 Å². The Morgan fingerprint density at radius 3 is 2.42 bits per heavy atom. The molecule has 2 N–H and O–H groups in total. The van der Waals surface area contributed by atoms with Gasteiger partial charge in [0.1, 0.15) is 5.01 Å². The van der Waals surface area contributed by atoms with Gasteiger partial charge in [-0.2, -0.15) is 0 Å². The minimum absolute atomic E-state index is 0.106. The summed E-state index contributed by atoms with van der Waals surface area (Å²) in [6, 6.07) is 14.2. The molecule has 0 aliphatic heterocycles. The van der Waals surface area contributed by atoms with E-state index in [-0.39, 0.29) is 11.8 Å². The molecule has 0 fully saturated rings. The Kier molecular flexibility index (Phi) is 5.65. The fourth-order valence-corrected chi connectivity index (χ4v) is 3.18. The first kappa shape index (κ1) is 18.1. The molecule has 0 radical (unpaired) electrons. The number of nitrogens with one attached hydrogen (secondary N) is 2. The minimum atomic E-state index is -0.168. The van der Waals surface area contributed by atoms with Crippen LogP contribution in [0.3, 0.4) is 0 Å². The predicted molar refractivity (Wildman–Crippen MR) is 104 cm³/mol. The standard InChI is InChI=1S/C19H16ClN3O2S/c1-12(24)22-16-8-4-13(5-9-16)17-11-26-18(23-17)10-21-19(25)14-2-6-15(20)7-3-14/h2-9,11H,10H2,1H3,(H,21,25)(H,22,24). The zero-order chi connectivity index (χ0) is 18.5. The van der Waals surface area contributed by atoms with Crippen molar-refractivity contribution in [1.82, 2.24) is 10.3 Å². The molecule has 2 aromatic carbocycles. The second-order valence-electron chi connectivity index (χ2n) is 5.57. The summed E-state index contributed by atoms with van der Waals surface area (Å²) in [5.74, 6) is -0.275. The number of carbonyl (C=O) groups is 2. The zero-order valence-electron chi connectivity index (χ0n) is 14.0. The van der Waals surface area contributed by atoms with Crippen molar-refractivity contribution >= 4 is 40.4 Å². The Labute approximate surface area is 160 Å². The topological polar surface area (TPSA) is 71.1 Å². The smallest absolute Gasteiger partial charge is 0.251 e. The van der Waals surface area contributed by atoms with Crippen molar-refractivity contribution in [2.24, 2.45) is 0 Å². The van der Waals surface area contributed by atoms with Gasteiger partial charge in [0.15, 0.2) is 0 Å². The van der Waals surface area contributed by atoms with Gasteiger partial charge >= 0.3 is 0 Å². The molecule has 1 aromatic heterocycles. The molecular weight excluding hydrogens is 370 g/mol. The molecule has 132 valence electrons. The molecule has 0 spiro atoms. The van der Waals surface area contributed by atoms with Crippen LogP contribution in [0.15, 0.2) is 53.9 Å². The fraction of sp³-hybridized carbons (Fsp3) is 0.105. The van der Waals surface area contributed by atoms with Crippen LogP contribution in [0, 0.1) is 0 Å². The second kappa shape index (κ2) is 8.12. The SMILES string of the molecule is CC(=O)Nc1ccc(-c2csc(CNC(=O)c3ccc(Cl)cc3)n2)cc1. The van der Waals surface area contributed by atoms with Gasteiger partial charge in [0.05, 0.1) is 12.2 Å². The molecular formula is C19H16ClN3O2S. The van der Waals surface area contributed by atoms with Crippen LogP contribution in [0.25, 0.3) is 11.3 Å². The van der Waals surface area contributed by atoms with E-state index in [1.54, 1.807) is 24.3 Å². The number of nitrogens with zero attached hydrogens (tertiary/aromatic N) is 1. The van der Waals surface area contributed by atoms with Gasteiger partial charge in [-0.25, -0.2) is 4.98 Å². The van der Waals surface area contributed by atoms with Crippen molar-refractivity contribution < 1.29 is 9.59 Å². The quantitative estimate of drug-likeness (QED) is 0.685. The normalized spacial score (nSPS) is 10.4. The van der Waals surface area contributed by atoms with E-state index in [4.69, 9.17) is 11.6 Å². The summed E-state index contributed by atoms with van der Waals surface area (Å²) < 4.78 is 0. The summed E-state index contributed by atoms with van der Waals surface area (Å²) in [7, 11) is 0. The Bertz CT molecular complexity index is 921. The maximum Gasteiger partial charge on any atom is 0.251 e. The molecule has 0 aliphatic carbocycles. The van der Waals surface area contributed by atoms with Crippen LogP contribution in [-0.4, -0.2) is 16.8 Å². The fourth-order valence-electron chi connectivity index (χ4n) is 2.31. The highest BCUT2D eigenvalue weighted by Crippen LogP contribution is 2.23. The molecule has 5 nitrogen and oxygen atoms in total. The highest BCUT2D eigenvalue weighted by molar-refractivity contribution is 7.09. The lowest BCUT2D eigenvalue weighted by Crippen LogP contribution is -2.22. The number of thiazole rings is 1. The average Bonchev–Trinajstić information content (AvgIpc) is 3.09. The Morgan fingerprint density at radius 1 is 1.08 bits per heavy atom. The molecule has 3 aromatic rings. The number of anilines is 1. The van der Waals surface area contributed by atoms with E-state index in [1.165, 1.54) is 18.3 Å². The Morgan fingerprint density at radius 2 is 1.77 bits per heavy atom. The van der Waals surface area contributed by atoms with Crippen molar-refractivity contribution in [2.45, 2.75) is 13.5 Å². The van der Waals surface area contributed by atoms with Crippen molar-refractivity contribution in [3.8, 4) is 11.3 Å².